The van der Waals surface area contributed by atoms with E-state index >= 15 is 0 Å². The molecule has 0 spiro atoms. The molecule has 6 aromatic carbocycles. The Bertz CT molecular complexity index is 3060. The molecule has 1 aliphatic carbocycles. The predicted molar refractivity (Wildman–Crippen MR) is 238 cm³/mol. The second-order valence-electron chi connectivity index (χ2n) is 17.6. The molecule has 0 bridgehead atoms. The molecule has 290 valence electrons. The highest BCUT2D eigenvalue weighted by molar-refractivity contribution is 6.35. The molecule has 0 fully saturated rings. The maximum Gasteiger partial charge on any atom is 0.164 e. The third kappa shape index (κ3) is 5.11. The van der Waals surface area contributed by atoms with Gasteiger partial charge in [0.15, 0.2) is 11.6 Å². The van der Waals surface area contributed by atoms with E-state index in [1.165, 1.54) is 33.0 Å². The molecule has 58 heavy (non-hydrogen) atoms. The number of fused-ring (bicyclic) bond motifs is 8. The van der Waals surface area contributed by atoms with Crippen LogP contribution in [0.4, 0.5) is 0 Å². The van der Waals surface area contributed by atoms with E-state index in [0.29, 0.717) is 11.6 Å². The third-order valence-corrected chi connectivity index (χ3v) is 12.8. The van der Waals surface area contributed by atoms with Gasteiger partial charge in [-0.2, -0.15) is 0 Å². The van der Waals surface area contributed by atoms with Gasteiger partial charge in [0.2, 0.25) is 0 Å². The van der Waals surface area contributed by atoms with Crippen molar-refractivity contribution in [2.75, 3.05) is 0 Å². The fraction of sp³-hybridized carbons (Fsp3) is 0.333. The number of hydrogen-bond donors (Lipinski definition) is 0. The van der Waals surface area contributed by atoms with Crippen LogP contribution in [0.2, 0.25) is 0 Å². The minimum atomic E-state index is -0.186. The second-order valence-corrected chi connectivity index (χ2v) is 17.6. The minimum Gasteiger partial charge on any atom is -0.455 e. The van der Waals surface area contributed by atoms with Crippen LogP contribution in [0.3, 0.4) is 0 Å². The number of aromatic nitrogens is 6. The lowest BCUT2D eigenvalue weighted by Crippen LogP contribution is -2.23. The highest BCUT2D eigenvalue weighted by atomic mass is 16.3. The van der Waals surface area contributed by atoms with E-state index < -0.39 is 0 Å². The van der Waals surface area contributed by atoms with Crippen molar-refractivity contribution in [1.82, 2.24) is 29.9 Å². The van der Waals surface area contributed by atoms with Crippen LogP contribution in [-0.2, 0) is 5.41 Å². The summed E-state index contributed by atoms with van der Waals surface area (Å²) in [6, 6.07) is 26.9. The van der Waals surface area contributed by atoms with E-state index in [9.17, 15) is 0 Å². The molecule has 0 saturated carbocycles. The van der Waals surface area contributed by atoms with Crippen molar-refractivity contribution in [3.8, 4) is 33.9 Å². The molecule has 0 atom stereocenters. The molecule has 0 unspecified atom stereocenters. The first-order chi connectivity index (χ1) is 27.9. The zero-order chi connectivity index (χ0) is 40.4. The summed E-state index contributed by atoms with van der Waals surface area (Å²) in [6.07, 6.45) is 1.94. The summed E-state index contributed by atoms with van der Waals surface area (Å²) < 4.78 is 6.90. The van der Waals surface area contributed by atoms with E-state index in [2.05, 4.69) is 136 Å². The lowest BCUT2D eigenvalue weighted by Gasteiger charge is -2.31. The minimum absolute atomic E-state index is 0.136. The molecule has 7 heteroatoms. The summed E-state index contributed by atoms with van der Waals surface area (Å²) in [4.78, 5) is 31.0. The molecule has 10 rings (SSSR count). The normalized spacial score (nSPS) is 13.9. The first-order valence-electron chi connectivity index (χ1n) is 21.2. The van der Waals surface area contributed by atoms with Gasteiger partial charge in [0.25, 0.3) is 0 Å². The monoisotopic (exact) mass is 762 g/mol. The van der Waals surface area contributed by atoms with Gasteiger partial charge in [-0.05, 0) is 87.0 Å². The van der Waals surface area contributed by atoms with Crippen molar-refractivity contribution < 1.29 is 4.42 Å². The first-order valence-corrected chi connectivity index (χ1v) is 21.2. The Morgan fingerprint density at radius 1 is 0.466 bits per heavy atom. The Balaban J connectivity index is 1.48. The van der Waals surface area contributed by atoms with Crippen LogP contribution in [0.5, 0.6) is 0 Å². The first kappa shape index (κ1) is 36.5. The maximum absolute atomic E-state index is 6.90. The maximum atomic E-state index is 6.90. The summed E-state index contributed by atoms with van der Waals surface area (Å²) >= 11 is 0. The fourth-order valence-corrected chi connectivity index (χ4v) is 9.72. The Morgan fingerprint density at radius 2 is 0.948 bits per heavy atom. The number of para-hydroxylation sites is 1. The lowest BCUT2D eigenvalue weighted by atomic mass is 9.71. The molecule has 9 aromatic rings. The predicted octanol–water partition coefficient (Wildman–Crippen LogP) is 13.8. The zero-order valence-electron chi connectivity index (χ0n) is 35.2. The molecular formula is C51H50N6O. The fourth-order valence-electron chi connectivity index (χ4n) is 9.72. The van der Waals surface area contributed by atoms with Gasteiger partial charge in [-0.3, -0.25) is 0 Å². The Labute approximate surface area is 339 Å². The van der Waals surface area contributed by atoms with Crippen molar-refractivity contribution in [3.63, 3.8) is 0 Å². The van der Waals surface area contributed by atoms with Crippen LogP contribution < -0.4 is 0 Å². The van der Waals surface area contributed by atoms with E-state index in [4.69, 9.17) is 34.3 Å². The molecule has 0 N–H and O–H groups in total. The van der Waals surface area contributed by atoms with Crippen LogP contribution in [-0.4, -0.2) is 29.9 Å². The molecule has 3 aromatic heterocycles. The molecule has 3 heterocycles. The molecule has 0 aliphatic heterocycles. The Morgan fingerprint density at radius 3 is 1.52 bits per heavy atom. The van der Waals surface area contributed by atoms with Gasteiger partial charge in [-0.15, -0.1) is 0 Å². The smallest absolute Gasteiger partial charge is 0.164 e. The topological polar surface area (TPSA) is 90.5 Å². The van der Waals surface area contributed by atoms with Crippen LogP contribution in [0, 0.1) is 0 Å². The number of nitrogens with zero attached hydrogens (tertiary/aromatic N) is 6. The van der Waals surface area contributed by atoms with Gasteiger partial charge < -0.3 is 4.42 Å². The summed E-state index contributed by atoms with van der Waals surface area (Å²) in [6.45, 7) is 22.0. The zero-order valence-corrected chi connectivity index (χ0v) is 35.2. The number of benzene rings is 6. The third-order valence-electron chi connectivity index (χ3n) is 12.8. The van der Waals surface area contributed by atoms with Gasteiger partial charge in [0, 0.05) is 61.8 Å². The number of furan rings is 1. The van der Waals surface area contributed by atoms with Gasteiger partial charge in [0.05, 0.1) is 0 Å². The average Bonchev–Trinajstić information content (AvgIpc) is 3.75. The van der Waals surface area contributed by atoms with Crippen LogP contribution in [0.1, 0.15) is 140 Å². The van der Waals surface area contributed by atoms with Gasteiger partial charge in [0.1, 0.15) is 34.5 Å². The average molecular weight is 763 g/mol. The standard InChI is InChI=1S/C51H50N6O/c1-11-51(12-2)39-19-15-13-17-29(39)33-21-31-36(50-56-47(27(7)8)53-48(57-50)28(9)10)24-38-42-32(22-34-30-18-14-16-20-40(30)58-44(34)38)35(23-37(41(31)42)43(33)51)49-54-45(25(3)4)52-46(55-49)26(5)6/h13-28H,11-12H2,1-10H3. The molecule has 7 nitrogen and oxygen atoms in total. The van der Waals surface area contributed by atoms with Crippen molar-refractivity contribution in [1.29, 1.82) is 0 Å². The number of hydrogen-bond acceptors (Lipinski definition) is 7. The molecule has 0 amide bonds. The van der Waals surface area contributed by atoms with Gasteiger partial charge in [-0.1, -0.05) is 112 Å². The van der Waals surface area contributed by atoms with E-state index in [0.717, 1.165) is 90.7 Å². The van der Waals surface area contributed by atoms with E-state index in [-0.39, 0.29) is 29.1 Å². The number of rotatable bonds is 8. The largest absolute Gasteiger partial charge is 0.455 e. The summed E-state index contributed by atoms with van der Waals surface area (Å²) in [5.41, 5.74) is 8.87. The van der Waals surface area contributed by atoms with Crippen LogP contribution >= 0.6 is 0 Å². The van der Waals surface area contributed by atoms with Crippen LogP contribution in [0.25, 0.3) is 88.2 Å². The Hall–Kier alpha value is -5.82. The van der Waals surface area contributed by atoms with Gasteiger partial charge in [-0.25, -0.2) is 29.9 Å². The van der Waals surface area contributed by atoms with Gasteiger partial charge >= 0.3 is 0 Å². The quantitative estimate of drug-likeness (QED) is 0.142. The summed E-state index contributed by atoms with van der Waals surface area (Å²) in [5, 5.41) is 8.97. The second kappa shape index (κ2) is 13.1. The summed E-state index contributed by atoms with van der Waals surface area (Å²) in [5.74, 6) is 5.19. The Kier molecular flexibility index (Phi) is 8.25. The van der Waals surface area contributed by atoms with E-state index in [1.807, 2.05) is 6.07 Å². The lowest BCUT2D eigenvalue weighted by molar-refractivity contribution is 0.494. The van der Waals surface area contributed by atoms with Crippen molar-refractivity contribution in [2.24, 2.45) is 0 Å². The molecule has 1 aliphatic rings. The molecule has 0 radical (unpaired) electrons. The molecular weight excluding hydrogens is 713 g/mol. The van der Waals surface area contributed by atoms with Crippen LogP contribution in [0.15, 0.2) is 77.2 Å². The highest BCUT2D eigenvalue weighted by Gasteiger charge is 2.43. The van der Waals surface area contributed by atoms with E-state index in [1.54, 1.807) is 0 Å². The highest BCUT2D eigenvalue weighted by Crippen LogP contribution is 2.58. The molecule has 0 saturated heterocycles. The van der Waals surface area contributed by atoms with Crippen molar-refractivity contribution in [3.05, 3.63) is 107 Å². The van der Waals surface area contributed by atoms with Crippen molar-refractivity contribution in [2.45, 2.75) is 111 Å². The summed E-state index contributed by atoms with van der Waals surface area (Å²) in [7, 11) is 0. The SMILES string of the molecule is CCC1(CC)c2ccccc2-c2cc3c(-c4nc(C(C)C)nc(C(C)C)n4)cc4c5oc6ccccc6c5cc5c(-c6nc(C(C)C)nc(C(C)C)n6)cc(c21)c3c54. The van der Waals surface area contributed by atoms with Crippen molar-refractivity contribution >= 4 is 54.3 Å².